The molecule has 1 aliphatic rings. The van der Waals surface area contributed by atoms with Gasteiger partial charge >= 0.3 is 0 Å². The number of carbonyl (C=O) groups excluding carboxylic acids is 1. The van der Waals surface area contributed by atoms with E-state index in [0.29, 0.717) is 25.9 Å². The SMILES string of the molecule is CS(=O)(=O)NC1CCN(C(=O)C=Cc2ccccc2)CC1. The molecule has 1 amide bonds. The predicted molar refractivity (Wildman–Crippen MR) is 83.1 cm³/mol. The lowest BCUT2D eigenvalue weighted by atomic mass is 10.1. The van der Waals surface area contributed by atoms with E-state index < -0.39 is 10.0 Å². The van der Waals surface area contributed by atoms with Crippen molar-refractivity contribution in [2.24, 2.45) is 0 Å². The van der Waals surface area contributed by atoms with E-state index in [1.807, 2.05) is 30.3 Å². The molecule has 0 spiro atoms. The number of piperidine rings is 1. The minimum absolute atomic E-state index is 0.0309. The molecule has 0 atom stereocenters. The summed E-state index contributed by atoms with van der Waals surface area (Å²) < 4.78 is 24.9. The summed E-state index contributed by atoms with van der Waals surface area (Å²) in [6.45, 7) is 1.15. The van der Waals surface area contributed by atoms with E-state index in [1.54, 1.807) is 17.1 Å². The number of carbonyl (C=O) groups is 1. The lowest BCUT2D eigenvalue weighted by Crippen LogP contribution is -2.45. The van der Waals surface area contributed by atoms with Crippen LogP contribution >= 0.6 is 0 Å². The first kappa shape index (κ1) is 15.7. The van der Waals surface area contributed by atoms with Crippen LogP contribution in [0.2, 0.25) is 0 Å². The van der Waals surface area contributed by atoms with Crippen molar-refractivity contribution in [3.05, 3.63) is 42.0 Å². The third-order valence-electron chi connectivity index (χ3n) is 3.41. The third-order valence-corrected chi connectivity index (χ3v) is 4.17. The van der Waals surface area contributed by atoms with Gasteiger partial charge in [-0.1, -0.05) is 30.3 Å². The first-order valence-electron chi connectivity index (χ1n) is 6.93. The van der Waals surface area contributed by atoms with Crippen molar-refractivity contribution in [1.29, 1.82) is 0 Å². The van der Waals surface area contributed by atoms with Crippen LogP contribution in [0.5, 0.6) is 0 Å². The van der Waals surface area contributed by atoms with Crippen LogP contribution in [0, 0.1) is 0 Å². The molecule has 1 saturated heterocycles. The van der Waals surface area contributed by atoms with E-state index in [9.17, 15) is 13.2 Å². The Morgan fingerprint density at radius 3 is 2.43 bits per heavy atom. The average molecular weight is 308 g/mol. The smallest absolute Gasteiger partial charge is 0.246 e. The standard InChI is InChI=1S/C15H20N2O3S/c1-21(19,20)16-14-9-11-17(12-10-14)15(18)8-7-13-5-3-2-4-6-13/h2-8,14,16H,9-12H2,1H3. The lowest BCUT2D eigenvalue weighted by molar-refractivity contribution is -0.126. The number of nitrogens with one attached hydrogen (secondary N) is 1. The Kier molecular flexibility index (Phi) is 5.14. The third kappa shape index (κ3) is 5.32. The molecule has 1 fully saturated rings. The summed E-state index contributed by atoms with van der Waals surface area (Å²) in [7, 11) is -3.18. The Balaban J connectivity index is 1.85. The maximum absolute atomic E-state index is 12.1. The van der Waals surface area contributed by atoms with E-state index in [1.165, 1.54) is 0 Å². The first-order valence-corrected chi connectivity index (χ1v) is 8.82. The molecule has 1 heterocycles. The van der Waals surface area contributed by atoms with E-state index in [-0.39, 0.29) is 11.9 Å². The summed E-state index contributed by atoms with van der Waals surface area (Å²) >= 11 is 0. The summed E-state index contributed by atoms with van der Waals surface area (Å²) in [5, 5.41) is 0. The van der Waals surface area contributed by atoms with Crippen molar-refractivity contribution >= 4 is 22.0 Å². The Hall–Kier alpha value is -1.66. The molecular formula is C15H20N2O3S. The Morgan fingerprint density at radius 1 is 1.24 bits per heavy atom. The molecule has 5 nitrogen and oxygen atoms in total. The van der Waals surface area contributed by atoms with Gasteiger partial charge in [-0.15, -0.1) is 0 Å². The van der Waals surface area contributed by atoms with E-state index in [2.05, 4.69) is 4.72 Å². The number of rotatable bonds is 4. The maximum atomic E-state index is 12.1. The molecule has 1 aromatic carbocycles. The molecule has 21 heavy (non-hydrogen) atoms. The second-order valence-corrected chi connectivity index (χ2v) is 7.01. The van der Waals surface area contributed by atoms with Crippen molar-refractivity contribution in [3.63, 3.8) is 0 Å². The number of nitrogens with zero attached hydrogens (tertiary/aromatic N) is 1. The molecule has 0 bridgehead atoms. The first-order chi connectivity index (χ1) is 9.94. The molecule has 1 N–H and O–H groups in total. The van der Waals surface area contributed by atoms with Crippen molar-refractivity contribution in [2.75, 3.05) is 19.3 Å². The molecule has 6 heteroatoms. The van der Waals surface area contributed by atoms with Crippen LogP contribution in [0.15, 0.2) is 36.4 Å². The maximum Gasteiger partial charge on any atom is 0.246 e. The molecule has 0 aliphatic carbocycles. The van der Waals surface area contributed by atoms with Gasteiger partial charge in [0.1, 0.15) is 0 Å². The van der Waals surface area contributed by atoms with Gasteiger partial charge in [0.25, 0.3) is 0 Å². The molecule has 2 rings (SSSR count). The molecule has 0 unspecified atom stereocenters. The van der Waals surface area contributed by atoms with Crippen LogP contribution in [-0.4, -0.2) is 44.6 Å². The Labute approximate surface area is 125 Å². The lowest BCUT2D eigenvalue weighted by Gasteiger charge is -2.31. The molecule has 0 radical (unpaired) electrons. The largest absolute Gasteiger partial charge is 0.339 e. The molecule has 0 saturated carbocycles. The van der Waals surface area contributed by atoms with Crippen LogP contribution in [-0.2, 0) is 14.8 Å². The molecule has 1 aromatic rings. The highest BCUT2D eigenvalue weighted by Crippen LogP contribution is 2.12. The molecule has 1 aliphatic heterocycles. The fourth-order valence-electron chi connectivity index (χ4n) is 2.36. The fourth-order valence-corrected chi connectivity index (χ4v) is 3.20. The predicted octanol–water partition coefficient (Wildman–Crippen LogP) is 1.24. The van der Waals surface area contributed by atoms with Gasteiger partial charge in [-0.25, -0.2) is 13.1 Å². The normalized spacial score (nSPS) is 17.3. The zero-order valence-corrected chi connectivity index (χ0v) is 12.8. The zero-order valence-electron chi connectivity index (χ0n) is 12.0. The number of likely N-dealkylation sites (tertiary alicyclic amines) is 1. The highest BCUT2D eigenvalue weighted by Gasteiger charge is 2.23. The summed E-state index contributed by atoms with van der Waals surface area (Å²) in [6.07, 6.45) is 5.83. The molecular weight excluding hydrogens is 288 g/mol. The second-order valence-electron chi connectivity index (χ2n) is 5.23. The topological polar surface area (TPSA) is 66.5 Å². The minimum Gasteiger partial charge on any atom is -0.339 e. The van der Waals surface area contributed by atoms with Crippen LogP contribution < -0.4 is 4.72 Å². The van der Waals surface area contributed by atoms with Crippen LogP contribution in [0.1, 0.15) is 18.4 Å². The van der Waals surface area contributed by atoms with E-state index in [0.717, 1.165) is 11.8 Å². The molecule has 0 aromatic heterocycles. The van der Waals surface area contributed by atoms with Gasteiger partial charge in [0.05, 0.1) is 6.26 Å². The highest BCUT2D eigenvalue weighted by atomic mass is 32.2. The number of sulfonamides is 1. The number of hydrogen-bond acceptors (Lipinski definition) is 3. The van der Waals surface area contributed by atoms with Gasteiger partial charge in [0.2, 0.25) is 15.9 Å². The highest BCUT2D eigenvalue weighted by molar-refractivity contribution is 7.88. The summed E-state index contributed by atoms with van der Waals surface area (Å²) in [5.41, 5.74) is 0.986. The van der Waals surface area contributed by atoms with Gasteiger partial charge < -0.3 is 4.90 Å². The summed E-state index contributed by atoms with van der Waals surface area (Å²) in [5.74, 6) is -0.0309. The van der Waals surface area contributed by atoms with Crippen LogP contribution in [0.3, 0.4) is 0 Å². The van der Waals surface area contributed by atoms with Gasteiger partial charge in [0.15, 0.2) is 0 Å². The van der Waals surface area contributed by atoms with Crippen molar-refractivity contribution in [3.8, 4) is 0 Å². The average Bonchev–Trinajstić information content (AvgIpc) is 2.45. The number of benzene rings is 1. The number of hydrogen-bond donors (Lipinski definition) is 1. The minimum atomic E-state index is -3.18. The van der Waals surface area contributed by atoms with E-state index >= 15 is 0 Å². The van der Waals surface area contributed by atoms with E-state index in [4.69, 9.17) is 0 Å². The fraction of sp³-hybridized carbons (Fsp3) is 0.400. The summed E-state index contributed by atoms with van der Waals surface area (Å²) in [4.78, 5) is 13.8. The second kappa shape index (κ2) is 6.87. The summed E-state index contributed by atoms with van der Waals surface area (Å²) in [6, 6.07) is 9.58. The Bertz CT molecular complexity index is 603. The zero-order chi connectivity index (χ0) is 15.3. The molecule has 114 valence electrons. The number of amides is 1. The van der Waals surface area contributed by atoms with Crippen molar-refractivity contribution in [1.82, 2.24) is 9.62 Å². The van der Waals surface area contributed by atoms with Gasteiger partial charge in [-0.2, -0.15) is 0 Å². The van der Waals surface area contributed by atoms with Crippen molar-refractivity contribution in [2.45, 2.75) is 18.9 Å². The monoisotopic (exact) mass is 308 g/mol. The quantitative estimate of drug-likeness (QED) is 0.851. The van der Waals surface area contributed by atoms with Crippen LogP contribution in [0.25, 0.3) is 6.08 Å². The van der Waals surface area contributed by atoms with Crippen molar-refractivity contribution < 1.29 is 13.2 Å². The van der Waals surface area contributed by atoms with Gasteiger partial charge in [-0.05, 0) is 24.5 Å². The Morgan fingerprint density at radius 2 is 1.86 bits per heavy atom. The van der Waals surface area contributed by atoms with Gasteiger partial charge in [-0.3, -0.25) is 4.79 Å². The van der Waals surface area contributed by atoms with Crippen LogP contribution in [0.4, 0.5) is 0 Å². The van der Waals surface area contributed by atoms with Gasteiger partial charge in [0, 0.05) is 25.2 Å².